The van der Waals surface area contributed by atoms with Gasteiger partial charge in [0.05, 0.1) is 13.2 Å². The Bertz CT molecular complexity index is 872. The molecule has 0 amide bonds. The molecule has 4 nitrogen and oxygen atoms in total. The molecular weight excluding hydrogens is 341 g/mol. The zero-order valence-corrected chi connectivity index (χ0v) is 15.4. The van der Waals surface area contributed by atoms with Crippen molar-refractivity contribution < 1.29 is 9.13 Å². The van der Waals surface area contributed by atoms with Crippen molar-refractivity contribution in [1.82, 2.24) is 5.32 Å². The van der Waals surface area contributed by atoms with Gasteiger partial charge in [-0.25, -0.2) is 4.39 Å². The first-order chi connectivity index (χ1) is 13.3. The zero-order chi connectivity index (χ0) is 18.2. The number of hydrogen-bond donors (Lipinski definition) is 1. The molecule has 5 rings (SSSR count). The van der Waals surface area contributed by atoms with Crippen LogP contribution >= 0.6 is 0 Å². The minimum absolute atomic E-state index is 0.161. The molecular formula is C22H24FN3O. The van der Waals surface area contributed by atoms with Gasteiger partial charge in [0.1, 0.15) is 5.82 Å². The van der Waals surface area contributed by atoms with Gasteiger partial charge >= 0.3 is 0 Å². The summed E-state index contributed by atoms with van der Waals surface area (Å²) in [6.07, 6.45) is 0.997. The molecule has 3 heterocycles. The van der Waals surface area contributed by atoms with E-state index < -0.39 is 0 Å². The molecule has 0 unspecified atom stereocenters. The van der Waals surface area contributed by atoms with Gasteiger partial charge in [0.2, 0.25) is 0 Å². The van der Waals surface area contributed by atoms with Crippen molar-refractivity contribution >= 4 is 16.9 Å². The highest BCUT2D eigenvalue weighted by molar-refractivity contribution is 5.77. The van der Waals surface area contributed by atoms with Crippen LogP contribution < -0.4 is 15.1 Å². The second-order valence-corrected chi connectivity index (χ2v) is 7.40. The van der Waals surface area contributed by atoms with Gasteiger partial charge in [0.15, 0.2) is 0 Å². The molecule has 1 N–H and O–H groups in total. The summed E-state index contributed by atoms with van der Waals surface area (Å²) in [6.45, 7) is 6.10. The van der Waals surface area contributed by atoms with Gasteiger partial charge < -0.3 is 19.9 Å². The van der Waals surface area contributed by atoms with E-state index >= 15 is 0 Å². The normalized spacial score (nSPS) is 19.4. The van der Waals surface area contributed by atoms with Crippen LogP contribution in [0.4, 0.5) is 15.8 Å². The second-order valence-electron chi connectivity index (χ2n) is 7.40. The number of rotatable bonds is 2. The van der Waals surface area contributed by atoms with E-state index in [2.05, 4.69) is 39.4 Å². The smallest absolute Gasteiger partial charge is 0.123 e. The lowest BCUT2D eigenvalue weighted by Gasteiger charge is -2.36. The number of benzene rings is 2. The minimum atomic E-state index is -0.161. The van der Waals surface area contributed by atoms with Crippen LogP contribution in [0.25, 0.3) is 5.57 Å². The largest absolute Gasteiger partial charge is 0.384 e. The summed E-state index contributed by atoms with van der Waals surface area (Å²) in [5, 5.41) is 3.50. The molecule has 1 saturated heterocycles. The third kappa shape index (κ3) is 3.16. The van der Waals surface area contributed by atoms with Crippen molar-refractivity contribution in [3.8, 4) is 0 Å². The zero-order valence-electron chi connectivity index (χ0n) is 15.4. The van der Waals surface area contributed by atoms with E-state index in [0.29, 0.717) is 0 Å². The highest BCUT2D eigenvalue weighted by atomic mass is 19.1. The van der Waals surface area contributed by atoms with E-state index in [1.165, 1.54) is 28.2 Å². The predicted octanol–water partition coefficient (Wildman–Crippen LogP) is 3.39. The van der Waals surface area contributed by atoms with Gasteiger partial charge in [-0.3, -0.25) is 0 Å². The Labute approximate surface area is 159 Å². The summed E-state index contributed by atoms with van der Waals surface area (Å²) in [5.41, 5.74) is 7.38. The Morgan fingerprint density at radius 3 is 2.41 bits per heavy atom. The van der Waals surface area contributed by atoms with Crippen LogP contribution in [-0.4, -0.2) is 39.4 Å². The van der Waals surface area contributed by atoms with E-state index in [1.807, 2.05) is 6.07 Å². The molecule has 3 aliphatic heterocycles. The van der Waals surface area contributed by atoms with E-state index in [4.69, 9.17) is 4.74 Å². The molecule has 2 aromatic rings. The third-order valence-electron chi connectivity index (χ3n) is 5.82. The maximum atomic E-state index is 13.6. The third-order valence-corrected chi connectivity index (χ3v) is 5.82. The predicted molar refractivity (Wildman–Crippen MR) is 106 cm³/mol. The highest BCUT2D eigenvalue weighted by Crippen LogP contribution is 2.34. The number of halogens is 1. The quantitative estimate of drug-likeness (QED) is 0.883. The van der Waals surface area contributed by atoms with Gasteiger partial charge in [0.25, 0.3) is 0 Å². The molecule has 0 bridgehead atoms. The van der Waals surface area contributed by atoms with Crippen LogP contribution in [0.3, 0.4) is 0 Å². The molecule has 0 aromatic heterocycles. The van der Waals surface area contributed by atoms with Crippen LogP contribution in [0.1, 0.15) is 17.5 Å². The fourth-order valence-corrected chi connectivity index (χ4v) is 4.33. The van der Waals surface area contributed by atoms with Crippen molar-refractivity contribution in [3.63, 3.8) is 0 Å². The number of nitrogens with zero attached hydrogens (tertiary/aromatic N) is 2. The van der Waals surface area contributed by atoms with Gasteiger partial charge in [-0.1, -0.05) is 6.07 Å². The molecule has 0 aliphatic carbocycles. The Morgan fingerprint density at radius 2 is 1.63 bits per heavy atom. The van der Waals surface area contributed by atoms with Crippen molar-refractivity contribution in [1.29, 1.82) is 0 Å². The summed E-state index contributed by atoms with van der Waals surface area (Å²) in [5.74, 6) is -0.161. The van der Waals surface area contributed by atoms with Gasteiger partial charge in [-0.05, 0) is 53.1 Å². The first kappa shape index (κ1) is 16.6. The molecule has 0 saturated carbocycles. The highest BCUT2D eigenvalue weighted by Gasteiger charge is 2.25. The average Bonchev–Trinajstić information content (AvgIpc) is 2.74. The van der Waals surface area contributed by atoms with E-state index in [1.54, 1.807) is 12.1 Å². The Kier molecular flexibility index (Phi) is 4.24. The molecule has 1 fully saturated rings. The topological polar surface area (TPSA) is 27.7 Å². The monoisotopic (exact) mass is 365 g/mol. The Hall–Kier alpha value is -2.53. The fraction of sp³-hybridized carbons (Fsp3) is 0.364. The molecule has 0 radical (unpaired) electrons. The van der Waals surface area contributed by atoms with Crippen LogP contribution in [-0.2, 0) is 11.3 Å². The van der Waals surface area contributed by atoms with E-state index in [-0.39, 0.29) is 5.82 Å². The lowest BCUT2D eigenvalue weighted by Crippen LogP contribution is -2.37. The molecule has 5 heteroatoms. The average molecular weight is 365 g/mol. The van der Waals surface area contributed by atoms with Gasteiger partial charge in [-0.15, -0.1) is 0 Å². The number of hydrogen-bond acceptors (Lipinski definition) is 4. The summed E-state index contributed by atoms with van der Waals surface area (Å²) in [7, 11) is 0. The maximum absolute atomic E-state index is 13.6. The van der Waals surface area contributed by atoms with Crippen LogP contribution in [0.15, 0.2) is 48.2 Å². The van der Waals surface area contributed by atoms with Gasteiger partial charge in [-0.2, -0.15) is 0 Å². The number of morpholine rings is 1. The fourth-order valence-electron chi connectivity index (χ4n) is 4.33. The number of fused-ring (bicyclic) bond motifs is 2. The van der Waals surface area contributed by atoms with Crippen LogP contribution in [0.5, 0.6) is 0 Å². The molecule has 0 spiro atoms. The lowest BCUT2D eigenvalue weighted by molar-refractivity contribution is 0.122. The minimum Gasteiger partial charge on any atom is -0.384 e. The Balaban J connectivity index is 1.37. The van der Waals surface area contributed by atoms with Crippen molar-refractivity contribution in [2.75, 3.05) is 49.2 Å². The molecule has 140 valence electrons. The van der Waals surface area contributed by atoms with Crippen LogP contribution in [0.2, 0.25) is 0 Å². The summed E-state index contributed by atoms with van der Waals surface area (Å²) in [4.78, 5) is 4.79. The molecule has 3 aliphatic rings. The first-order valence-electron chi connectivity index (χ1n) is 9.70. The van der Waals surface area contributed by atoms with E-state index in [0.717, 1.165) is 57.9 Å². The van der Waals surface area contributed by atoms with Crippen molar-refractivity contribution in [3.05, 3.63) is 65.1 Å². The number of nitrogens with one attached hydrogen (secondary N) is 1. The SMILES string of the molecule is Fc1ccc2c(c1)CNC1=C2CN(c2ccc(N3CCOCC3)cc2)CC1. The second kappa shape index (κ2) is 6.89. The standard InChI is InChI=1S/C22H24FN3O/c23-17-1-6-20-16(13-17)14-24-22-7-8-26(15-21(20)22)19-4-2-18(3-5-19)25-9-11-27-12-10-25/h1-6,13,24H,7-12,14-15H2. The first-order valence-corrected chi connectivity index (χ1v) is 9.70. The summed E-state index contributed by atoms with van der Waals surface area (Å²) < 4.78 is 19.0. The molecule has 0 atom stereocenters. The maximum Gasteiger partial charge on any atom is 0.123 e. The van der Waals surface area contributed by atoms with Crippen molar-refractivity contribution in [2.24, 2.45) is 0 Å². The number of ether oxygens (including phenoxy) is 1. The van der Waals surface area contributed by atoms with E-state index in [9.17, 15) is 4.39 Å². The molecule has 27 heavy (non-hydrogen) atoms. The van der Waals surface area contributed by atoms with Crippen LogP contribution in [0, 0.1) is 5.82 Å². The molecule has 2 aromatic carbocycles. The summed E-state index contributed by atoms with van der Waals surface area (Å²) in [6, 6.07) is 14.0. The summed E-state index contributed by atoms with van der Waals surface area (Å²) >= 11 is 0. The number of anilines is 2. The van der Waals surface area contributed by atoms with Gasteiger partial charge in [0, 0.05) is 56.2 Å². The Morgan fingerprint density at radius 1 is 0.889 bits per heavy atom. The lowest BCUT2D eigenvalue weighted by atomic mass is 9.90. The van der Waals surface area contributed by atoms with Crippen molar-refractivity contribution in [2.45, 2.75) is 13.0 Å².